The van der Waals surface area contributed by atoms with Gasteiger partial charge in [0.05, 0.1) is 0 Å². The predicted octanol–water partition coefficient (Wildman–Crippen LogP) is 4.43. The fourth-order valence-electron chi connectivity index (χ4n) is 2.01. The van der Waals surface area contributed by atoms with Gasteiger partial charge in [-0.25, -0.2) is 4.98 Å². The first-order valence-corrected chi connectivity index (χ1v) is 7.42. The van der Waals surface area contributed by atoms with E-state index in [1.807, 2.05) is 0 Å². The molecule has 0 amide bonds. The molecule has 0 saturated carbocycles. The van der Waals surface area contributed by atoms with Crippen LogP contribution in [0.2, 0.25) is 0 Å². The molecule has 10 heteroatoms. The third-order valence-electron chi connectivity index (χ3n) is 3.59. The Kier molecular flexibility index (Phi) is 5.50. The first kappa shape index (κ1) is 20.7. The van der Waals surface area contributed by atoms with Crippen molar-refractivity contribution in [2.75, 3.05) is 6.61 Å². The molecular formula is C17H13F6NO3. The SMILES string of the molecule is CC(F)(F)C(F)(F)C(F)(F)c1ccc(Oc2ccc(C(=O)CO)cn2)cc1. The van der Waals surface area contributed by atoms with Gasteiger partial charge in [-0.05, 0) is 30.3 Å². The van der Waals surface area contributed by atoms with Crippen LogP contribution in [0.4, 0.5) is 26.3 Å². The molecule has 0 radical (unpaired) electrons. The fraction of sp³-hybridized carbons (Fsp3) is 0.294. The van der Waals surface area contributed by atoms with Crippen molar-refractivity contribution in [3.8, 4) is 11.6 Å². The first-order chi connectivity index (χ1) is 12.4. The predicted molar refractivity (Wildman–Crippen MR) is 81.6 cm³/mol. The lowest BCUT2D eigenvalue weighted by Gasteiger charge is -2.31. The highest BCUT2D eigenvalue weighted by Crippen LogP contribution is 2.51. The van der Waals surface area contributed by atoms with E-state index in [1.54, 1.807) is 0 Å². The zero-order chi connectivity index (χ0) is 20.5. The highest BCUT2D eigenvalue weighted by atomic mass is 19.3. The molecule has 0 spiro atoms. The zero-order valence-corrected chi connectivity index (χ0v) is 13.7. The van der Waals surface area contributed by atoms with E-state index < -0.39 is 35.7 Å². The Morgan fingerprint density at radius 3 is 2.07 bits per heavy atom. The molecule has 0 atom stereocenters. The number of alkyl halides is 6. The van der Waals surface area contributed by atoms with E-state index in [1.165, 1.54) is 12.1 Å². The minimum absolute atomic E-state index is 0.0468. The van der Waals surface area contributed by atoms with Crippen molar-refractivity contribution < 1.29 is 41.0 Å². The van der Waals surface area contributed by atoms with Gasteiger partial charge in [0.1, 0.15) is 12.4 Å². The smallest absolute Gasteiger partial charge is 0.375 e. The molecule has 2 rings (SSSR count). The van der Waals surface area contributed by atoms with E-state index in [-0.39, 0.29) is 24.1 Å². The molecule has 146 valence electrons. The van der Waals surface area contributed by atoms with Crippen molar-refractivity contribution in [1.82, 2.24) is 4.98 Å². The van der Waals surface area contributed by atoms with E-state index in [2.05, 4.69) is 4.98 Å². The number of pyridine rings is 1. The second-order valence-electron chi connectivity index (χ2n) is 5.63. The maximum Gasteiger partial charge on any atom is 0.375 e. The number of aliphatic hydroxyl groups is 1. The topological polar surface area (TPSA) is 59.4 Å². The molecule has 0 aliphatic carbocycles. The quantitative estimate of drug-likeness (QED) is 0.559. The van der Waals surface area contributed by atoms with Crippen LogP contribution < -0.4 is 4.74 Å². The lowest BCUT2D eigenvalue weighted by atomic mass is 9.98. The van der Waals surface area contributed by atoms with Gasteiger partial charge in [-0.1, -0.05) is 0 Å². The molecule has 0 bridgehead atoms. The van der Waals surface area contributed by atoms with Crippen molar-refractivity contribution in [3.63, 3.8) is 0 Å². The minimum atomic E-state index is -5.58. The number of carbonyl (C=O) groups excluding carboxylic acids is 1. The number of rotatable bonds is 7. The molecule has 4 nitrogen and oxygen atoms in total. The molecular weight excluding hydrogens is 380 g/mol. The number of Topliss-reactive ketones (excluding diaryl/α,β-unsaturated/α-hetero) is 1. The van der Waals surface area contributed by atoms with Gasteiger partial charge in [0.25, 0.3) is 0 Å². The number of benzene rings is 1. The number of ketones is 1. The lowest BCUT2D eigenvalue weighted by molar-refractivity contribution is -0.308. The summed E-state index contributed by atoms with van der Waals surface area (Å²) < 4.78 is 85.3. The summed E-state index contributed by atoms with van der Waals surface area (Å²) in [5.41, 5.74) is -1.19. The van der Waals surface area contributed by atoms with Gasteiger partial charge in [0.15, 0.2) is 5.78 Å². The molecule has 1 N–H and O–H groups in total. The first-order valence-electron chi connectivity index (χ1n) is 7.42. The van der Waals surface area contributed by atoms with E-state index in [4.69, 9.17) is 9.84 Å². The molecule has 2 aromatic rings. The second kappa shape index (κ2) is 7.18. The molecule has 0 unspecified atom stereocenters. The summed E-state index contributed by atoms with van der Waals surface area (Å²) in [6.07, 6.45) is 1.11. The summed E-state index contributed by atoms with van der Waals surface area (Å²) in [5, 5.41) is 8.72. The Hall–Kier alpha value is -2.62. The third-order valence-corrected chi connectivity index (χ3v) is 3.59. The average Bonchev–Trinajstić information content (AvgIpc) is 2.61. The maximum absolute atomic E-state index is 13.8. The molecule has 1 aromatic carbocycles. The number of hydrogen-bond donors (Lipinski definition) is 1. The van der Waals surface area contributed by atoms with Crippen LogP contribution in [0.5, 0.6) is 11.6 Å². The van der Waals surface area contributed by atoms with E-state index in [0.717, 1.165) is 18.3 Å². The summed E-state index contributed by atoms with van der Waals surface area (Å²) in [7, 11) is 0. The van der Waals surface area contributed by atoms with Gasteiger partial charge >= 0.3 is 17.8 Å². The summed E-state index contributed by atoms with van der Waals surface area (Å²) in [5.74, 6) is -16.3. The Morgan fingerprint density at radius 2 is 1.63 bits per heavy atom. The molecule has 27 heavy (non-hydrogen) atoms. The van der Waals surface area contributed by atoms with E-state index >= 15 is 0 Å². The maximum atomic E-state index is 13.8. The van der Waals surface area contributed by atoms with Gasteiger partial charge < -0.3 is 9.84 Å². The summed E-state index contributed by atoms with van der Waals surface area (Å²) >= 11 is 0. The number of halogens is 6. The van der Waals surface area contributed by atoms with Gasteiger partial charge in [-0.3, -0.25) is 4.79 Å². The van der Waals surface area contributed by atoms with Gasteiger partial charge in [-0.2, -0.15) is 26.3 Å². The van der Waals surface area contributed by atoms with Gasteiger partial charge in [0, 0.05) is 30.3 Å². The van der Waals surface area contributed by atoms with Crippen LogP contribution in [-0.2, 0) is 5.92 Å². The summed E-state index contributed by atoms with van der Waals surface area (Å²) in [6.45, 7) is -0.992. The van der Waals surface area contributed by atoms with Crippen LogP contribution in [0, 0.1) is 0 Å². The van der Waals surface area contributed by atoms with Crippen LogP contribution >= 0.6 is 0 Å². The van der Waals surface area contributed by atoms with Crippen molar-refractivity contribution in [1.29, 1.82) is 0 Å². The number of aromatic nitrogens is 1. The largest absolute Gasteiger partial charge is 0.439 e. The highest BCUT2D eigenvalue weighted by Gasteiger charge is 2.69. The van der Waals surface area contributed by atoms with Crippen LogP contribution in [0.25, 0.3) is 0 Å². The zero-order valence-electron chi connectivity index (χ0n) is 13.7. The van der Waals surface area contributed by atoms with Crippen LogP contribution in [0.3, 0.4) is 0 Å². The Morgan fingerprint density at radius 1 is 1.04 bits per heavy atom. The van der Waals surface area contributed by atoms with E-state index in [9.17, 15) is 31.1 Å². The molecule has 1 heterocycles. The van der Waals surface area contributed by atoms with E-state index in [0.29, 0.717) is 12.1 Å². The van der Waals surface area contributed by atoms with Gasteiger partial charge in [-0.15, -0.1) is 0 Å². The summed E-state index contributed by atoms with van der Waals surface area (Å²) in [4.78, 5) is 15.0. The van der Waals surface area contributed by atoms with Crippen molar-refractivity contribution in [3.05, 3.63) is 53.7 Å². The van der Waals surface area contributed by atoms with Gasteiger partial charge in [0.2, 0.25) is 5.88 Å². The monoisotopic (exact) mass is 393 g/mol. The number of carbonyl (C=O) groups is 1. The fourth-order valence-corrected chi connectivity index (χ4v) is 2.01. The van der Waals surface area contributed by atoms with Crippen LogP contribution in [0.1, 0.15) is 22.8 Å². The Bertz CT molecular complexity index is 801. The number of hydrogen-bond acceptors (Lipinski definition) is 4. The second-order valence-corrected chi connectivity index (χ2v) is 5.63. The lowest BCUT2D eigenvalue weighted by Crippen LogP contribution is -2.50. The van der Waals surface area contributed by atoms with Crippen LogP contribution in [-0.4, -0.2) is 34.3 Å². The third kappa shape index (κ3) is 4.05. The number of ether oxygens (including phenoxy) is 1. The van der Waals surface area contributed by atoms with Crippen molar-refractivity contribution in [2.45, 2.75) is 24.7 Å². The van der Waals surface area contributed by atoms with Crippen molar-refractivity contribution >= 4 is 5.78 Å². The summed E-state index contributed by atoms with van der Waals surface area (Å²) in [6, 6.07) is 5.42. The standard InChI is InChI=1S/C17H13F6NO3/c1-15(18,19)17(22,23)16(20,21)11-3-5-12(6-4-11)27-14-7-2-10(8-24-14)13(26)9-25/h2-8,25H,9H2,1H3. The molecule has 0 aliphatic rings. The molecule has 0 fully saturated rings. The molecule has 0 aliphatic heterocycles. The Labute approximate surface area is 149 Å². The van der Waals surface area contributed by atoms with Crippen molar-refractivity contribution in [2.24, 2.45) is 0 Å². The number of aliphatic hydroxyl groups excluding tert-OH is 1. The average molecular weight is 393 g/mol. The van der Waals surface area contributed by atoms with Crippen LogP contribution in [0.15, 0.2) is 42.6 Å². The highest BCUT2D eigenvalue weighted by molar-refractivity contribution is 5.96. The molecule has 0 saturated heterocycles. The Balaban J connectivity index is 2.19. The number of nitrogens with zero attached hydrogens (tertiary/aromatic N) is 1. The molecule has 1 aromatic heterocycles. The minimum Gasteiger partial charge on any atom is -0.439 e. The normalized spacial score (nSPS) is 12.7.